The number of carbonyl (C=O) groups is 3. The monoisotopic (exact) mass is 599 g/mol. The maximum Gasteiger partial charge on any atom is 0.295 e. The summed E-state index contributed by atoms with van der Waals surface area (Å²) in [6, 6.07) is 23.8. The first-order valence-corrected chi connectivity index (χ1v) is 14.9. The average Bonchev–Trinajstić information content (AvgIpc) is 3.59. The van der Waals surface area contributed by atoms with Crippen LogP contribution in [0.5, 0.6) is 0 Å². The number of nitrogen functional groups attached to an aromatic ring is 1. The Bertz CT molecular complexity index is 1640. The number of hydrogen-bond acceptors (Lipinski definition) is 6. The summed E-state index contributed by atoms with van der Waals surface area (Å²) >= 11 is 6.63. The number of nitrogens with two attached hydrogens (primary N) is 1. The van der Waals surface area contributed by atoms with E-state index in [0.717, 1.165) is 0 Å². The van der Waals surface area contributed by atoms with Gasteiger partial charge >= 0.3 is 0 Å². The van der Waals surface area contributed by atoms with Gasteiger partial charge in [0.15, 0.2) is 0 Å². The third-order valence-electron chi connectivity index (χ3n) is 8.56. The second-order valence-corrected chi connectivity index (χ2v) is 11.8. The van der Waals surface area contributed by atoms with Crippen molar-refractivity contribution >= 4 is 40.1 Å². The molecule has 2 saturated heterocycles. The summed E-state index contributed by atoms with van der Waals surface area (Å²) in [5.41, 5.74) is 3.17. The average molecular weight is 600 g/mol. The summed E-state index contributed by atoms with van der Waals surface area (Å²) in [6.45, 7) is 4.24. The molecule has 1 aromatic heterocycles. The minimum absolute atomic E-state index is 0.0502. The van der Waals surface area contributed by atoms with Crippen LogP contribution in [0.1, 0.15) is 51.2 Å². The van der Waals surface area contributed by atoms with Gasteiger partial charge in [-0.05, 0) is 36.6 Å². The molecule has 2 unspecified atom stereocenters. The van der Waals surface area contributed by atoms with Crippen molar-refractivity contribution in [1.82, 2.24) is 19.4 Å². The van der Waals surface area contributed by atoms with Crippen molar-refractivity contribution in [3.05, 3.63) is 106 Å². The molecule has 2 amide bonds. The lowest BCUT2D eigenvalue weighted by molar-refractivity contribution is -0.125. The van der Waals surface area contributed by atoms with Crippen molar-refractivity contribution in [2.24, 2.45) is 0 Å². The predicted octanol–water partition coefficient (Wildman–Crippen LogP) is 3.72. The summed E-state index contributed by atoms with van der Waals surface area (Å²) < 4.78 is 1.24. The first-order valence-electron chi connectivity index (χ1n) is 14.5. The number of amides is 2. The number of nitrogens with zero attached hydrogens (tertiary/aromatic N) is 4. The lowest BCUT2D eigenvalue weighted by atomic mass is 9.95. The summed E-state index contributed by atoms with van der Waals surface area (Å²) in [7, 11) is 0. The Kier molecular flexibility index (Phi) is 7.96. The molecule has 0 bridgehead atoms. The van der Waals surface area contributed by atoms with Crippen molar-refractivity contribution in [3.8, 4) is 0 Å². The number of carbonyl (C=O) groups excluding carboxylic acids is 3. The molecular formula is C33H34ClN5O4. The third kappa shape index (κ3) is 5.51. The maximum atomic E-state index is 14.0. The maximum absolute atomic E-state index is 14.0. The summed E-state index contributed by atoms with van der Waals surface area (Å²) in [4.78, 5) is 45.7. The van der Waals surface area contributed by atoms with Crippen LogP contribution >= 0.6 is 11.6 Å². The first-order chi connectivity index (χ1) is 20.7. The SMILES string of the molecule is CC1CN(C(c2ccccc2)c2ccccc2)CCN1C(=O)c1cc2c(C(=O)C(=O)N3CCC(O)C3)cn(N)c2cc1Cl. The third-order valence-corrected chi connectivity index (χ3v) is 8.87. The molecular weight excluding hydrogens is 566 g/mol. The van der Waals surface area contributed by atoms with Crippen LogP contribution in [0.25, 0.3) is 10.9 Å². The van der Waals surface area contributed by atoms with E-state index < -0.39 is 17.8 Å². The van der Waals surface area contributed by atoms with Gasteiger partial charge in [-0.15, -0.1) is 0 Å². The van der Waals surface area contributed by atoms with Crippen LogP contribution in [0.3, 0.4) is 0 Å². The van der Waals surface area contributed by atoms with Crippen LogP contribution in [-0.2, 0) is 4.79 Å². The van der Waals surface area contributed by atoms with Crippen molar-refractivity contribution in [2.75, 3.05) is 38.6 Å². The molecule has 10 heteroatoms. The van der Waals surface area contributed by atoms with E-state index >= 15 is 0 Å². The number of aliphatic hydroxyl groups is 1. The molecule has 0 saturated carbocycles. The van der Waals surface area contributed by atoms with Crippen molar-refractivity contribution in [1.29, 1.82) is 0 Å². The van der Waals surface area contributed by atoms with Gasteiger partial charge < -0.3 is 20.7 Å². The van der Waals surface area contributed by atoms with Crippen LogP contribution in [0.15, 0.2) is 79.0 Å². The van der Waals surface area contributed by atoms with Gasteiger partial charge in [0, 0.05) is 50.3 Å². The quantitative estimate of drug-likeness (QED) is 0.198. The van der Waals surface area contributed by atoms with E-state index in [1.165, 1.54) is 26.9 Å². The smallest absolute Gasteiger partial charge is 0.295 e. The van der Waals surface area contributed by atoms with E-state index in [0.29, 0.717) is 43.5 Å². The fraction of sp³-hybridized carbons (Fsp3) is 0.303. The van der Waals surface area contributed by atoms with Gasteiger partial charge in [0.2, 0.25) is 0 Å². The molecule has 9 nitrogen and oxygen atoms in total. The number of halogens is 1. The molecule has 2 aliphatic heterocycles. The summed E-state index contributed by atoms with van der Waals surface area (Å²) in [6.07, 6.45) is 1.17. The molecule has 4 aromatic rings. The Morgan fingerprint density at radius 1 is 0.907 bits per heavy atom. The van der Waals surface area contributed by atoms with Crippen molar-refractivity contribution < 1.29 is 19.5 Å². The largest absolute Gasteiger partial charge is 0.391 e. The zero-order valence-corrected chi connectivity index (χ0v) is 24.7. The molecule has 2 fully saturated rings. The van der Waals surface area contributed by atoms with Gasteiger partial charge in [0.1, 0.15) is 0 Å². The number of β-amino-alcohol motifs (C(OH)–C–C–N with tert-alkyl or cyclic N) is 1. The fourth-order valence-corrected chi connectivity index (χ4v) is 6.60. The van der Waals surface area contributed by atoms with Gasteiger partial charge in [-0.1, -0.05) is 72.3 Å². The normalized spacial score (nSPS) is 19.3. The van der Waals surface area contributed by atoms with Gasteiger partial charge in [0.25, 0.3) is 17.6 Å². The number of benzene rings is 3. The Balaban J connectivity index is 1.26. The molecule has 2 atom stereocenters. The van der Waals surface area contributed by atoms with Crippen LogP contribution in [0, 0.1) is 0 Å². The highest BCUT2D eigenvalue weighted by atomic mass is 35.5. The number of piperazine rings is 1. The van der Waals surface area contributed by atoms with Crippen LogP contribution in [0.2, 0.25) is 5.02 Å². The minimum Gasteiger partial charge on any atom is -0.391 e. The number of fused-ring (bicyclic) bond motifs is 1. The molecule has 0 radical (unpaired) electrons. The van der Waals surface area contributed by atoms with Crippen LogP contribution in [0.4, 0.5) is 0 Å². The van der Waals surface area contributed by atoms with Crippen molar-refractivity contribution in [3.63, 3.8) is 0 Å². The number of likely N-dealkylation sites (tertiary alicyclic amines) is 1. The van der Waals surface area contributed by atoms with Crippen LogP contribution < -0.4 is 5.84 Å². The Morgan fingerprint density at radius 3 is 2.14 bits per heavy atom. The minimum atomic E-state index is -0.737. The number of aliphatic hydroxyl groups excluding tert-OH is 1. The van der Waals surface area contributed by atoms with Gasteiger partial charge in [0.05, 0.1) is 33.8 Å². The highest BCUT2D eigenvalue weighted by molar-refractivity contribution is 6.45. The molecule has 3 heterocycles. The van der Waals surface area contributed by atoms with Crippen LogP contribution in [-0.4, -0.2) is 86.9 Å². The van der Waals surface area contributed by atoms with E-state index in [9.17, 15) is 19.5 Å². The molecule has 43 heavy (non-hydrogen) atoms. The number of hydrogen-bond donors (Lipinski definition) is 2. The second-order valence-electron chi connectivity index (χ2n) is 11.4. The lowest BCUT2D eigenvalue weighted by Gasteiger charge is -2.43. The number of rotatable bonds is 6. The highest BCUT2D eigenvalue weighted by Crippen LogP contribution is 2.33. The number of Topliss-reactive ketones (excluding diaryl/α,β-unsaturated/α-hetero) is 1. The first kappa shape index (κ1) is 28.9. The van der Waals surface area contributed by atoms with Crippen molar-refractivity contribution in [2.45, 2.75) is 31.5 Å². The molecule has 3 aromatic carbocycles. The lowest BCUT2D eigenvalue weighted by Crippen LogP contribution is -2.54. The molecule has 6 rings (SSSR count). The second kappa shape index (κ2) is 11.8. The van der Waals surface area contributed by atoms with E-state index in [-0.39, 0.29) is 40.7 Å². The number of aromatic nitrogens is 1. The Labute approximate surface area is 255 Å². The van der Waals surface area contributed by atoms with Gasteiger partial charge in [-0.2, -0.15) is 0 Å². The molecule has 222 valence electrons. The standard InChI is InChI=1S/C33H34ClN5O4/c1-21-18-36(30(22-8-4-2-5-9-22)23-10-6-3-7-11-23)14-15-38(21)32(42)26-16-25-27(20-39(35)29(25)17-28(26)34)31(41)33(43)37-13-12-24(40)19-37/h2-11,16-17,20-21,24,30,40H,12-15,18-19,35H2,1H3. The molecule has 2 aliphatic rings. The highest BCUT2D eigenvalue weighted by Gasteiger charge is 2.35. The fourth-order valence-electron chi connectivity index (χ4n) is 6.36. The molecule has 3 N–H and O–H groups in total. The van der Waals surface area contributed by atoms with E-state index in [4.69, 9.17) is 17.4 Å². The van der Waals surface area contributed by atoms with Gasteiger partial charge in [-0.3, -0.25) is 24.0 Å². The predicted molar refractivity (Wildman–Crippen MR) is 165 cm³/mol. The van der Waals surface area contributed by atoms with E-state index in [2.05, 4.69) is 29.2 Å². The molecule has 0 aliphatic carbocycles. The Morgan fingerprint density at radius 2 is 1.56 bits per heavy atom. The summed E-state index contributed by atoms with van der Waals surface area (Å²) in [5.74, 6) is 4.44. The molecule has 0 spiro atoms. The number of ketones is 1. The Hall–Kier alpha value is -4.18. The van der Waals surface area contributed by atoms with E-state index in [1.54, 1.807) is 12.1 Å². The topological polar surface area (TPSA) is 112 Å². The zero-order chi connectivity index (χ0) is 30.2. The zero-order valence-electron chi connectivity index (χ0n) is 23.9. The van der Waals surface area contributed by atoms with Gasteiger partial charge in [-0.25, -0.2) is 0 Å². The summed E-state index contributed by atoms with van der Waals surface area (Å²) in [5, 5.41) is 10.4. The van der Waals surface area contributed by atoms with E-state index in [1.807, 2.05) is 48.2 Å².